The van der Waals surface area contributed by atoms with Crippen LogP contribution in [0.4, 0.5) is 0 Å². The molecule has 0 bridgehead atoms. The molecule has 4 rings (SSSR count). The minimum absolute atomic E-state index is 0.0139. The summed E-state index contributed by atoms with van der Waals surface area (Å²) in [6.07, 6.45) is 13.8. The predicted molar refractivity (Wildman–Crippen MR) is 134 cm³/mol. The van der Waals surface area contributed by atoms with E-state index in [0.29, 0.717) is 29.6 Å². The molecule has 3 saturated carbocycles. The Morgan fingerprint density at radius 2 is 1.58 bits per heavy atom. The molecule has 0 spiro atoms. The molecule has 8 unspecified atom stereocenters. The fourth-order valence-electron chi connectivity index (χ4n) is 8.30. The van der Waals surface area contributed by atoms with Crippen LogP contribution in [0.3, 0.4) is 0 Å². The molecule has 4 fully saturated rings. The van der Waals surface area contributed by atoms with Gasteiger partial charge in [0.05, 0.1) is 0 Å². The van der Waals surface area contributed by atoms with Crippen molar-refractivity contribution in [1.29, 1.82) is 0 Å². The van der Waals surface area contributed by atoms with Crippen LogP contribution in [0.15, 0.2) is 0 Å². The minimum Gasteiger partial charge on any atom is -0.427 e. The van der Waals surface area contributed by atoms with Crippen molar-refractivity contribution < 1.29 is 14.8 Å². The lowest BCUT2D eigenvalue weighted by Crippen LogP contribution is -2.47. The SMILES string of the molecule is CC1CC(C(=O)N2CCC(C3CCCC(CN)C3)CC2)CC(C2CCCC(B(O)O)C2)C1C. The van der Waals surface area contributed by atoms with E-state index in [0.717, 1.165) is 69.5 Å². The second-order valence-electron chi connectivity index (χ2n) is 12.5. The summed E-state index contributed by atoms with van der Waals surface area (Å²) in [5.41, 5.74) is 5.97. The molecule has 1 heterocycles. The van der Waals surface area contributed by atoms with Crippen LogP contribution >= 0.6 is 0 Å². The Labute approximate surface area is 202 Å². The zero-order valence-electron chi connectivity index (χ0n) is 21.2. The third-order valence-corrected chi connectivity index (χ3v) is 10.6. The molecule has 6 heteroatoms. The van der Waals surface area contributed by atoms with Gasteiger partial charge < -0.3 is 20.7 Å². The number of nitrogens with two attached hydrogens (primary N) is 1. The van der Waals surface area contributed by atoms with E-state index in [-0.39, 0.29) is 11.7 Å². The van der Waals surface area contributed by atoms with Gasteiger partial charge in [0, 0.05) is 19.0 Å². The summed E-state index contributed by atoms with van der Waals surface area (Å²) >= 11 is 0. The van der Waals surface area contributed by atoms with Crippen molar-refractivity contribution in [1.82, 2.24) is 4.90 Å². The zero-order chi connectivity index (χ0) is 23.5. The largest absolute Gasteiger partial charge is 0.454 e. The Kier molecular flexibility index (Phi) is 8.84. The van der Waals surface area contributed by atoms with E-state index in [1.807, 2.05) is 0 Å². The lowest BCUT2D eigenvalue weighted by molar-refractivity contribution is -0.141. The predicted octanol–water partition coefficient (Wildman–Crippen LogP) is 4.32. The molecule has 3 aliphatic carbocycles. The quantitative estimate of drug-likeness (QED) is 0.534. The number of piperidine rings is 1. The van der Waals surface area contributed by atoms with Gasteiger partial charge in [-0.05, 0) is 98.7 Å². The van der Waals surface area contributed by atoms with Gasteiger partial charge in [0.2, 0.25) is 5.91 Å². The van der Waals surface area contributed by atoms with Crippen molar-refractivity contribution in [2.24, 2.45) is 53.1 Å². The van der Waals surface area contributed by atoms with Gasteiger partial charge in [-0.3, -0.25) is 4.79 Å². The number of hydrogen-bond acceptors (Lipinski definition) is 4. The van der Waals surface area contributed by atoms with Crippen LogP contribution in [0.2, 0.25) is 5.82 Å². The molecule has 0 aromatic heterocycles. The van der Waals surface area contributed by atoms with E-state index < -0.39 is 7.12 Å². The van der Waals surface area contributed by atoms with Crippen LogP contribution in [-0.4, -0.2) is 47.6 Å². The first kappa shape index (κ1) is 25.5. The fourth-order valence-corrected chi connectivity index (χ4v) is 8.30. The van der Waals surface area contributed by atoms with Gasteiger partial charge in [-0.1, -0.05) is 46.0 Å². The lowest BCUT2D eigenvalue weighted by Gasteiger charge is -2.46. The molecular weight excluding hydrogens is 411 g/mol. The number of amides is 1. The Morgan fingerprint density at radius 3 is 2.27 bits per heavy atom. The summed E-state index contributed by atoms with van der Waals surface area (Å²) in [5.74, 6) is 5.16. The van der Waals surface area contributed by atoms with E-state index in [1.54, 1.807) is 0 Å². The van der Waals surface area contributed by atoms with Crippen molar-refractivity contribution >= 4 is 13.0 Å². The molecule has 0 aromatic rings. The molecular formula is C27H49BN2O3. The van der Waals surface area contributed by atoms with Crippen LogP contribution in [0.25, 0.3) is 0 Å². The van der Waals surface area contributed by atoms with Gasteiger partial charge in [-0.2, -0.15) is 0 Å². The highest BCUT2D eigenvalue weighted by Gasteiger charge is 2.43. The topological polar surface area (TPSA) is 86.8 Å². The van der Waals surface area contributed by atoms with Crippen molar-refractivity contribution in [3.05, 3.63) is 0 Å². The highest BCUT2D eigenvalue weighted by atomic mass is 16.4. The van der Waals surface area contributed by atoms with Gasteiger partial charge in [0.25, 0.3) is 0 Å². The summed E-state index contributed by atoms with van der Waals surface area (Å²) in [6, 6.07) is 0. The molecule has 1 saturated heterocycles. The second-order valence-corrected chi connectivity index (χ2v) is 12.5. The number of hydrogen-bond donors (Lipinski definition) is 3. The zero-order valence-corrected chi connectivity index (χ0v) is 21.2. The van der Waals surface area contributed by atoms with Gasteiger partial charge in [0.1, 0.15) is 0 Å². The van der Waals surface area contributed by atoms with E-state index in [1.165, 1.54) is 44.9 Å². The summed E-state index contributed by atoms with van der Waals surface area (Å²) in [5, 5.41) is 19.5. The monoisotopic (exact) mass is 460 g/mol. The summed E-state index contributed by atoms with van der Waals surface area (Å²) < 4.78 is 0. The van der Waals surface area contributed by atoms with Crippen molar-refractivity contribution in [2.45, 2.75) is 96.7 Å². The second kappa shape index (κ2) is 11.4. The Morgan fingerprint density at radius 1 is 0.879 bits per heavy atom. The maximum Gasteiger partial charge on any atom is 0.454 e. The Hall–Kier alpha value is -0.585. The molecule has 5 nitrogen and oxygen atoms in total. The first-order chi connectivity index (χ1) is 15.9. The maximum atomic E-state index is 13.6. The highest BCUT2D eigenvalue weighted by molar-refractivity contribution is 6.43. The van der Waals surface area contributed by atoms with E-state index >= 15 is 0 Å². The molecule has 188 valence electrons. The molecule has 1 amide bonds. The maximum absolute atomic E-state index is 13.6. The molecule has 4 N–H and O–H groups in total. The number of nitrogens with zero attached hydrogens (tertiary/aromatic N) is 1. The Bertz CT molecular complexity index is 639. The van der Waals surface area contributed by atoms with Crippen LogP contribution in [0, 0.1) is 47.3 Å². The van der Waals surface area contributed by atoms with Crippen molar-refractivity contribution in [3.63, 3.8) is 0 Å². The molecule has 4 aliphatic rings. The average Bonchev–Trinajstić information content (AvgIpc) is 2.85. The van der Waals surface area contributed by atoms with Crippen molar-refractivity contribution in [3.8, 4) is 0 Å². The molecule has 0 radical (unpaired) electrons. The summed E-state index contributed by atoms with van der Waals surface area (Å²) in [6.45, 7) is 7.44. The molecule has 1 aliphatic heterocycles. The van der Waals surface area contributed by atoms with Gasteiger partial charge in [-0.15, -0.1) is 0 Å². The average molecular weight is 461 g/mol. The summed E-state index contributed by atoms with van der Waals surface area (Å²) in [4.78, 5) is 15.8. The first-order valence-electron chi connectivity index (χ1n) is 14.2. The number of carbonyl (C=O) groups is 1. The first-order valence-corrected chi connectivity index (χ1v) is 14.2. The van der Waals surface area contributed by atoms with E-state index in [4.69, 9.17) is 5.73 Å². The minimum atomic E-state index is -1.19. The molecule has 33 heavy (non-hydrogen) atoms. The van der Waals surface area contributed by atoms with Crippen LogP contribution in [0.5, 0.6) is 0 Å². The smallest absolute Gasteiger partial charge is 0.427 e. The van der Waals surface area contributed by atoms with Crippen LogP contribution < -0.4 is 5.73 Å². The number of carbonyl (C=O) groups excluding carboxylic acids is 1. The fraction of sp³-hybridized carbons (Fsp3) is 0.963. The van der Waals surface area contributed by atoms with E-state index in [2.05, 4.69) is 18.7 Å². The summed E-state index contributed by atoms with van der Waals surface area (Å²) in [7, 11) is -1.19. The van der Waals surface area contributed by atoms with E-state index in [9.17, 15) is 14.8 Å². The number of rotatable bonds is 5. The standard InChI is InChI=1S/C27H49BN2O3/c1-18-13-24(16-26(19(18)2)23-7-4-8-25(15-23)28(32)33)27(31)30-11-9-21(10-12-30)22-6-3-5-20(14-22)17-29/h18-26,32-33H,3-17,29H2,1-2H3. The van der Waals surface area contributed by atoms with Gasteiger partial charge in [0.15, 0.2) is 0 Å². The van der Waals surface area contributed by atoms with Crippen molar-refractivity contribution in [2.75, 3.05) is 19.6 Å². The lowest BCUT2D eigenvalue weighted by atomic mass is 9.56. The van der Waals surface area contributed by atoms with Gasteiger partial charge in [-0.25, -0.2) is 0 Å². The Balaban J connectivity index is 1.32. The molecule has 0 aromatic carbocycles. The third kappa shape index (κ3) is 5.98. The normalized spacial score (nSPS) is 41.1. The highest BCUT2D eigenvalue weighted by Crippen LogP contribution is 2.48. The third-order valence-electron chi connectivity index (χ3n) is 10.6. The van der Waals surface area contributed by atoms with Crippen LogP contribution in [-0.2, 0) is 4.79 Å². The van der Waals surface area contributed by atoms with Crippen LogP contribution in [0.1, 0.15) is 90.9 Å². The van der Waals surface area contributed by atoms with Gasteiger partial charge >= 0.3 is 7.12 Å². The number of likely N-dealkylation sites (tertiary alicyclic amines) is 1. The molecule has 8 atom stereocenters.